The van der Waals surface area contributed by atoms with Crippen molar-refractivity contribution in [2.45, 2.75) is 83.2 Å². The predicted molar refractivity (Wildman–Crippen MR) is 113 cm³/mol. The number of ether oxygens (including phenoxy) is 1. The molecule has 0 bridgehead atoms. The van der Waals surface area contributed by atoms with Crippen molar-refractivity contribution in [3.05, 3.63) is 29.1 Å². The van der Waals surface area contributed by atoms with Crippen LogP contribution in [0.4, 0.5) is 13.2 Å². The van der Waals surface area contributed by atoms with Crippen LogP contribution < -0.4 is 0 Å². The number of amides is 1. The molecule has 0 N–H and O–H groups in total. The minimum absolute atomic E-state index is 0.0242. The number of rotatable bonds is 3. The summed E-state index contributed by atoms with van der Waals surface area (Å²) < 4.78 is 45.1. The minimum atomic E-state index is -4.42. The lowest BCUT2D eigenvalue weighted by Crippen LogP contribution is -2.46. The van der Waals surface area contributed by atoms with Gasteiger partial charge in [-0.05, 0) is 56.2 Å². The fourth-order valence-electron chi connectivity index (χ4n) is 6.91. The molecule has 5 rings (SSSR count). The first-order chi connectivity index (χ1) is 15.2. The van der Waals surface area contributed by atoms with E-state index in [0.717, 1.165) is 58.1 Å². The fraction of sp³-hybridized carbons (Fsp3) is 0.750. The summed E-state index contributed by atoms with van der Waals surface area (Å²) in [7, 11) is 0. The number of hydrogen-bond donors (Lipinski definition) is 0. The van der Waals surface area contributed by atoms with E-state index in [0.29, 0.717) is 29.8 Å². The molecule has 4 aliphatic rings. The van der Waals surface area contributed by atoms with Gasteiger partial charge in [0.1, 0.15) is 0 Å². The van der Waals surface area contributed by atoms with E-state index in [-0.39, 0.29) is 24.4 Å². The van der Waals surface area contributed by atoms with Gasteiger partial charge in [0.2, 0.25) is 5.91 Å². The van der Waals surface area contributed by atoms with Gasteiger partial charge in [-0.2, -0.15) is 13.2 Å². The number of carbonyl (C=O) groups is 1. The van der Waals surface area contributed by atoms with Crippen LogP contribution in [0.2, 0.25) is 0 Å². The summed E-state index contributed by atoms with van der Waals surface area (Å²) in [5.41, 5.74) is 0.117. The Bertz CT molecular complexity index is 886. The molecule has 32 heavy (non-hydrogen) atoms. The maximum absolute atomic E-state index is 13.7. The first-order valence-corrected chi connectivity index (χ1v) is 11.9. The number of pyridine rings is 1. The van der Waals surface area contributed by atoms with Gasteiger partial charge in [0.05, 0.1) is 11.0 Å². The highest BCUT2D eigenvalue weighted by molar-refractivity contribution is 5.87. The SMILES string of the molecule is CCN(C1CCOCC1)[C@@H]1CC[C@@]2(C1)C(=O)N1Cc3cc(C(F)(F)F)cnc3CC1C2C. The van der Waals surface area contributed by atoms with E-state index in [9.17, 15) is 18.0 Å². The number of hydrogen-bond acceptors (Lipinski definition) is 4. The van der Waals surface area contributed by atoms with Crippen LogP contribution in [-0.2, 0) is 28.7 Å². The second-order valence-electron chi connectivity index (χ2n) is 10.0. The van der Waals surface area contributed by atoms with Gasteiger partial charge in [-0.15, -0.1) is 0 Å². The fourth-order valence-corrected chi connectivity index (χ4v) is 6.91. The number of carbonyl (C=O) groups excluding carboxylic acids is 1. The van der Waals surface area contributed by atoms with Crippen LogP contribution in [0.15, 0.2) is 12.3 Å². The van der Waals surface area contributed by atoms with Crippen LogP contribution in [0.1, 0.15) is 62.8 Å². The first-order valence-electron chi connectivity index (χ1n) is 11.9. The summed E-state index contributed by atoms with van der Waals surface area (Å²) in [4.78, 5) is 22.4. The van der Waals surface area contributed by atoms with E-state index in [1.54, 1.807) is 0 Å². The van der Waals surface area contributed by atoms with Gasteiger partial charge in [0.25, 0.3) is 0 Å². The third-order valence-electron chi connectivity index (χ3n) is 8.68. The quantitative estimate of drug-likeness (QED) is 0.696. The molecule has 1 spiro atoms. The Labute approximate surface area is 187 Å². The molecule has 3 aliphatic heterocycles. The number of nitrogens with zero attached hydrogens (tertiary/aromatic N) is 3. The zero-order valence-electron chi connectivity index (χ0n) is 18.8. The molecule has 4 heterocycles. The monoisotopic (exact) mass is 451 g/mol. The van der Waals surface area contributed by atoms with Crippen molar-refractivity contribution in [2.75, 3.05) is 19.8 Å². The van der Waals surface area contributed by atoms with E-state index in [1.807, 2.05) is 4.90 Å². The summed E-state index contributed by atoms with van der Waals surface area (Å²) in [5, 5.41) is 0. The Hall–Kier alpha value is -1.67. The average molecular weight is 452 g/mol. The van der Waals surface area contributed by atoms with Crippen molar-refractivity contribution in [1.29, 1.82) is 0 Å². The van der Waals surface area contributed by atoms with Gasteiger partial charge in [0.15, 0.2) is 0 Å². The molecule has 3 fully saturated rings. The molecule has 1 saturated carbocycles. The highest BCUT2D eigenvalue weighted by Crippen LogP contribution is 2.55. The average Bonchev–Trinajstić information content (AvgIpc) is 3.30. The maximum atomic E-state index is 13.7. The first kappa shape index (κ1) is 22.1. The van der Waals surface area contributed by atoms with Gasteiger partial charge >= 0.3 is 6.18 Å². The standard InChI is InChI=1S/C24H32F3N3O2/c1-3-29(18-5-8-32-9-6-18)19-4-7-23(12-19)15(2)21-11-20-16(14-30(21)22(23)31)10-17(13-28-20)24(25,26)27/h10,13,15,18-19,21H,3-9,11-12,14H2,1-2H3/t15?,19-,21?,23+/m1/s1. The Morgan fingerprint density at radius 1 is 1.25 bits per heavy atom. The molecule has 176 valence electrons. The Morgan fingerprint density at radius 2 is 2.00 bits per heavy atom. The van der Waals surface area contributed by atoms with Gasteiger partial charge in [-0.1, -0.05) is 13.8 Å². The zero-order valence-corrected chi connectivity index (χ0v) is 18.8. The highest BCUT2D eigenvalue weighted by Gasteiger charge is 2.61. The van der Waals surface area contributed by atoms with Gasteiger partial charge in [-0.25, -0.2) is 0 Å². The molecule has 1 aliphatic carbocycles. The lowest BCUT2D eigenvalue weighted by molar-refractivity contribution is -0.138. The Balaban J connectivity index is 1.37. The summed E-state index contributed by atoms with van der Waals surface area (Å²) >= 11 is 0. The van der Waals surface area contributed by atoms with Crippen molar-refractivity contribution in [3.8, 4) is 0 Å². The van der Waals surface area contributed by atoms with Crippen molar-refractivity contribution in [2.24, 2.45) is 11.3 Å². The molecule has 1 aromatic heterocycles. The molecule has 0 aromatic carbocycles. The number of fused-ring (bicyclic) bond motifs is 2. The minimum Gasteiger partial charge on any atom is -0.381 e. The smallest absolute Gasteiger partial charge is 0.381 e. The van der Waals surface area contributed by atoms with Crippen molar-refractivity contribution < 1.29 is 22.7 Å². The van der Waals surface area contributed by atoms with E-state index in [4.69, 9.17) is 4.74 Å². The second kappa shape index (κ2) is 7.97. The third-order valence-corrected chi connectivity index (χ3v) is 8.68. The molecule has 2 unspecified atom stereocenters. The third kappa shape index (κ3) is 3.45. The predicted octanol–water partition coefficient (Wildman–Crippen LogP) is 4.04. The van der Waals surface area contributed by atoms with Crippen LogP contribution in [-0.4, -0.2) is 58.6 Å². The Kier molecular flexibility index (Phi) is 5.52. The van der Waals surface area contributed by atoms with Gasteiger partial charge in [0, 0.05) is 56.2 Å². The van der Waals surface area contributed by atoms with Crippen LogP contribution in [0, 0.1) is 11.3 Å². The topological polar surface area (TPSA) is 45.7 Å². The lowest BCUT2D eigenvalue weighted by atomic mass is 9.73. The van der Waals surface area contributed by atoms with Crippen molar-refractivity contribution in [3.63, 3.8) is 0 Å². The normalized spacial score (nSPS) is 33.2. The van der Waals surface area contributed by atoms with Crippen LogP contribution in [0.5, 0.6) is 0 Å². The summed E-state index contributed by atoms with van der Waals surface area (Å²) in [6.45, 7) is 7.18. The van der Waals surface area contributed by atoms with Crippen LogP contribution in [0.3, 0.4) is 0 Å². The summed E-state index contributed by atoms with van der Waals surface area (Å²) in [6.07, 6.45) is 1.86. The summed E-state index contributed by atoms with van der Waals surface area (Å²) in [5.74, 6) is 0.314. The van der Waals surface area contributed by atoms with Gasteiger partial charge in [-0.3, -0.25) is 14.7 Å². The second-order valence-corrected chi connectivity index (χ2v) is 10.0. The molecule has 8 heteroatoms. The molecular formula is C24H32F3N3O2. The maximum Gasteiger partial charge on any atom is 0.417 e. The zero-order chi connectivity index (χ0) is 22.7. The lowest BCUT2D eigenvalue weighted by Gasteiger charge is -2.38. The molecule has 2 saturated heterocycles. The number of aromatic nitrogens is 1. The molecule has 4 atom stereocenters. The molecule has 1 amide bonds. The van der Waals surface area contributed by atoms with E-state index in [2.05, 4.69) is 23.7 Å². The van der Waals surface area contributed by atoms with E-state index >= 15 is 0 Å². The highest BCUT2D eigenvalue weighted by atomic mass is 19.4. The molecule has 1 aromatic rings. The molecular weight excluding hydrogens is 419 g/mol. The number of alkyl halides is 3. The van der Waals surface area contributed by atoms with Crippen molar-refractivity contribution in [1.82, 2.24) is 14.8 Å². The Morgan fingerprint density at radius 3 is 2.69 bits per heavy atom. The van der Waals surface area contributed by atoms with E-state index < -0.39 is 17.2 Å². The molecule has 0 radical (unpaired) electrons. The number of halogens is 3. The van der Waals surface area contributed by atoms with Crippen molar-refractivity contribution >= 4 is 5.91 Å². The summed E-state index contributed by atoms with van der Waals surface area (Å²) in [6, 6.07) is 2.10. The largest absolute Gasteiger partial charge is 0.417 e. The molecule has 5 nitrogen and oxygen atoms in total. The van der Waals surface area contributed by atoms with Crippen LogP contribution in [0.25, 0.3) is 0 Å². The van der Waals surface area contributed by atoms with E-state index in [1.165, 1.54) is 6.07 Å². The van der Waals surface area contributed by atoms with Gasteiger partial charge < -0.3 is 9.64 Å². The van der Waals surface area contributed by atoms with Crippen LogP contribution >= 0.6 is 0 Å².